The minimum atomic E-state index is 0.385. The number of hydrogen-bond donors (Lipinski definition) is 1. The molecule has 0 radical (unpaired) electrons. The van der Waals surface area contributed by atoms with E-state index in [1.807, 2.05) is 6.07 Å². The highest BCUT2D eigenvalue weighted by molar-refractivity contribution is 5.30. The van der Waals surface area contributed by atoms with Gasteiger partial charge in [-0.15, -0.1) is 0 Å². The van der Waals surface area contributed by atoms with Crippen LogP contribution in [0, 0.1) is 11.3 Å². The molecule has 2 heteroatoms. The van der Waals surface area contributed by atoms with Crippen LogP contribution < -0.4 is 10.1 Å². The van der Waals surface area contributed by atoms with Crippen LogP contribution >= 0.6 is 0 Å². The summed E-state index contributed by atoms with van der Waals surface area (Å²) in [5, 5.41) is 3.68. The van der Waals surface area contributed by atoms with Gasteiger partial charge in [0.25, 0.3) is 0 Å². The molecular formula is C16H25NO. The molecule has 2 rings (SSSR count). The summed E-state index contributed by atoms with van der Waals surface area (Å²) in [4.78, 5) is 0. The number of methoxy groups -OCH3 is 1. The maximum absolute atomic E-state index is 5.27. The smallest absolute Gasteiger partial charge is 0.119 e. The molecule has 0 bridgehead atoms. The molecule has 1 aliphatic carbocycles. The van der Waals surface area contributed by atoms with E-state index in [4.69, 9.17) is 4.74 Å². The van der Waals surface area contributed by atoms with Crippen molar-refractivity contribution in [2.24, 2.45) is 11.3 Å². The lowest BCUT2D eigenvalue weighted by Gasteiger charge is -2.23. The summed E-state index contributed by atoms with van der Waals surface area (Å²) >= 11 is 0. The van der Waals surface area contributed by atoms with E-state index in [1.54, 1.807) is 7.11 Å². The fourth-order valence-corrected chi connectivity index (χ4v) is 2.50. The monoisotopic (exact) mass is 247 g/mol. The molecule has 0 aliphatic heterocycles. The Kier molecular flexibility index (Phi) is 3.96. The maximum Gasteiger partial charge on any atom is 0.119 e. The number of hydrogen-bond acceptors (Lipinski definition) is 2. The van der Waals surface area contributed by atoms with E-state index in [0.29, 0.717) is 11.5 Å². The van der Waals surface area contributed by atoms with Crippen LogP contribution in [0.15, 0.2) is 24.3 Å². The van der Waals surface area contributed by atoms with Crippen molar-refractivity contribution in [3.8, 4) is 5.75 Å². The van der Waals surface area contributed by atoms with E-state index >= 15 is 0 Å². The van der Waals surface area contributed by atoms with Gasteiger partial charge in [-0.2, -0.15) is 0 Å². The van der Waals surface area contributed by atoms with Crippen LogP contribution in [-0.4, -0.2) is 13.7 Å². The Labute approximate surface area is 111 Å². The molecule has 18 heavy (non-hydrogen) atoms. The van der Waals surface area contributed by atoms with Gasteiger partial charge in [0.15, 0.2) is 0 Å². The molecule has 0 amide bonds. The normalized spacial score (nSPS) is 18.7. The number of benzene rings is 1. The first-order chi connectivity index (χ1) is 8.57. The molecule has 1 saturated carbocycles. The van der Waals surface area contributed by atoms with E-state index in [1.165, 1.54) is 18.4 Å². The Morgan fingerprint density at radius 3 is 2.56 bits per heavy atom. The number of nitrogens with one attached hydrogen (secondary N) is 1. The maximum atomic E-state index is 5.27. The molecule has 1 unspecified atom stereocenters. The van der Waals surface area contributed by atoms with Crippen molar-refractivity contribution in [1.82, 2.24) is 5.32 Å². The zero-order chi connectivity index (χ0) is 13.2. The van der Waals surface area contributed by atoms with Crippen molar-refractivity contribution in [1.29, 1.82) is 0 Å². The van der Waals surface area contributed by atoms with Crippen LogP contribution in [0.5, 0.6) is 5.75 Å². The molecule has 100 valence electrons. The Hall–Kier alpha value is -1.02. The van der Waals surface area contributed by atoms with Crippen LogP contribution in [0.3, 0.4) is 0 Å². The number of rotatable bonds is 6. The lowest BCUT2D eigenvalue weighted by molar-refractivity contribution is 0.324. The Morgan fingerprint density at radius 1 is 1.28 bits per heavy atom. The van der Waals surface area contributed by atoms with E-state index in [2.05, 4.69) is 44.3 Å². The molecule has 1 fully saturated rings. The molecule has 1 aromatic rings. The molecule has 1 N–H and O–H groups in total. The Bertz CT molecular complexity index is 396. The quantitative estimate of drug-likeness (QED) is 0.826. The van der Waals surface area contributed by atoms with Crippen LogP contribution in [0.2, 0.25) is 0 Å². The van der Waals surface area contributed by atoms with Gasteiger partial charge >= 0.3 is 0 Å². The van der Waals surface area contributed by atoms with Crippen LogP contribution in [0.25, 0.3) is 0 Å². The van der Waals surface area contributed by atoms with Crippen molar-refractivity contribution in [3.63, 3.8) is 0 Å². The first kappa shape index (κ1) is 13.4. The van der Waals surface area contributed by atoms with Crippen LogP contribution in [0.1, 0.15) is 45.2 Å². The summed E-state index contributed by atoms with van der Waals surface area (Å²) in [7, 11) is 1.72. The molecular weight excluding hydrogens is 222 g/mol. The van der Waals surface area contributed by atoms with E-state index in [0.717, 1.165) is 18.2 Å². The average Bonchev–Trinajstić information content (AvgIpc) is 3.17. The molecule has 1 atom stereocenters. The van der Waals surface area contributed by atoms with Crippen molar-refractivity contribution in [2.75, 3.05) is 13.7 Å². The van der Waals surface area contributed by atoms with Crippen LogP contribution in [-0.2, 0) is 0 Å². The van der Waals surface area contributed by atoms with Crippen molar-refractivity contribution < 1.29 is 4.74 Å². The van der Waals surface area contributed by atoms with Crippen molar-refractivity contribution in [2.45, 2.75) is 39.7 Å². The summed E-state index contributed by atoms with van der Waals surface area (Å²) in [6, 6.07) is 8.71. The second kappa shape index (κ2) is 5.31. The third-order valence-electron chi connectivity index (χ3n) is 4.47. The predicted octanol–water partition coefficient (Wildman–Crippen LogP) is 3.78. The summed E-state index contributed by atoms with van der Waals surface area (Å²) < 4.78 is 5.27. The Morgan fingerprint density at radius 2 is 2.00 bits per heavy atom. The SMILES string of the molecule is COc1cccc(C(C)NCC2(C(C)C)CC2)c1. The van der Waals surface area contributed by atoms with Crippen LogP contribution in [0.4, 0.5) is 0 Å². The lowest BCUT2D eigenvalue weighted by atomic mass is 9.92. The highest BCUT2D eigenvalue weighted by Gasteiger charge is 2.44. The summed E-state index contributed by atoms with van der Waals surface area (Å²) in [6.07, 6.45) is 2.75. The third-order valence-corrected chi connectivity index (χ3v) is 4.47. The minimum absolute atomic E-state index is 0.385. The summed E-state index contributed by atoms with van der Waals surface area (Å²) in [6.45, 7) is 8.03. The topological polar surface area (TPSA) is 21.3 Å². The zero-order valence-corrected chi connectivity index (χ0v) is 12.0. The van der Waals surface area contributed by atoms with Gasteiger partial charge in [0, 0.05) is 12.6 Å². The number of ether oxygens (including phenoxy) is 1. The average molecular weight is 247 g/mol. The van der Waals surface area contributed by atoms with Gasteiger partial charge in [-0.05, 0) is 48.8 Å². The summed E-state index contributed by atoms with van der Waals surface area (Å²) in [5.41, 5.74) is 1.86. The Balaban J connectivity index is 1.93. The van der Waals surface area contributed by atoms with E-state index in [9.17, 15) is 0 Å². The zero-order valence-electron chi connectivity index (χ0n) is 12.0. The largest absolute Gasteiger partial charge is 0.497 e. The van der Waals surface area contributed by atoms with Gasteiger partial charge in [0.1, 0.15) is 5.75 Å². The van der Waals surface area contributed by atoms with Crippen molar-refractivity contribution >= 4 is 0 Å². The van der Waals surface area contributed by atoms with E-state index in [-0.39, 0.29) is 0 Å². The molecule has 0 aromatic heterocycles. The third kappa shape index (κ3) is 2.86. The lowest BCUT2D eigenvalue weighted by Crippen LogP contribution is -2.29. The second-order valence-corrected chi connectivity index (χ2v) is 5.90. The summed E-state index contributed by atoms with van der Waals surface area (Å²) in [5.74, 6) is 1.72. The van der Waals surface area contributed by atoms with Gasteiger partial charge in [0.2, 0.25) is 0 Å². The van der Waals surface area contributed by atoms with Gasteiger partial charge < -0.3 is 10.1 Å². The minimum Gasteiger partial charge on any atom is -0.497 e. The first-order valence-corrected chi connectivity index (χ1v) is 6.95. The van der Waals surface area contributed by atoms with Crippen molar-refractivity contribution in [3.05, 3.63) is 29.8 Å². The molecule has 0 saturated heterocycles. The highest BCUT2D eigenvalue weighted by Crippen LogP contribution is 2.51. The predicted molar refractivity (Wildman–Crippen MR) is 75.9 cm³/mol. The second-order valence-electron chi connectivity index (χ2n) is 5.90. The highest BCUT2D eigenvalue weighted by atomic mass is 16.5. The van der Waals surface area contributed by atoms with Gasteiger partial charge in [-0.1, -0.05) is 26.0 Å². The molecule has 0 heterocycles. The molecule has 1 aliphatic rings. The first-order valence-electron chi connectivity index (χ1n) is 6.95. The molecule has 1 aromatic carbocycles. The fraction of sp³-hybridized carbons (Fsp3) is 0.625. The molecule has 0 spiro atoms. The fourth-order valence-electron chi connectivity index (χ4n) is 2.50. The molecule has 2 nitrogen and oxygen atoms in total. The van der Waals surface area contributed by atoms with Gasteiger partial charge in [-0.25, -0.2) is 0 Å². The van der Waals surface area contributed by atoms with Gasteiger partial charge in [0.05, 0.1) is 7.11 Å². The van der Waals surface area contributed by atoms with Gasteiger partial charge in [-0.3, -0.25) is 0 Å². The standard InChI is InChI=1S/C16H25NO/c1-12(2)16(8-9-16)11-17-13(3)14-6-5-7-15(10-14)18-4/h5-7,10,12-13,17H,8-9,11H2,1-4H3. The van der Waals surface area contributed by atoms with E-state index < -0.39 is 0 Å².